The fourth-order valence-electron chi connectivity index (χ4n) is 2.85. The van der Waals surface area contributed by atoms with Crippen LogP contribution in [-0.2, 0) is 0 Å². The summed E-state index contributed by atoms with van der Waals surface area (Å²) in [5.41, 5.74) is 3.01. The second-order valence-electron chi connectivity index (χ2n) is 5.28. The molecule has 0 N–H and O–H groups in total. The number of hydrogen-bond acceptors (Lipinski definition) is 3. The Morgan fingerprint density at radius 2 is 1.04 bits per heavy atom. The first-order valence-electron chi connectivity index (χ1n) is 7.48. The second-order valence-corrected chi connectivity index (χ2v) is 5.28. The molecule has 1 aliphatic heterocycles. The third kappa shape index (κ3) is 2.52. The van der Waals surface area contributed by atoms with Crippen molar-refractivity contribution in [2.24, 2.45) is 15.5 Å². The third-order valence-corrected chi connectivity index (χ3v) is 3.91. The molecule has 0 radical (unpaired) electrons. The van der Waals surface area contributed by atoms with Crippen molar-refractivity contribution in [3.63, 3.8) is 0 Å². The van der Waals surface area contributed by atoms with E-state index in [-0.39, 0.29) is 17.0 Å². The van der Waals surface area contributed by atoms with Crippen LogP contribution in [0.15, 0.2) is 107 Å². The van der Waals surface area contributed by atoms with Gasteiger partial charge in [-0.3, -0.25) is 0 Å². The minimum atomic E-state index is 0. The summed E-state index contributed by atoms with van der Waals surface area (Å²) >= 11 is 0. The molecule has 0 aliphatic carbocycles. The highest BCUT2D eigenvalue weighted by molar-refractivity contribution is 6.09. The molecule has 0 saturated heterocycles. The van der Waals surface area contributed by atoms with Crippen LogP contribution in [0.5, 0.6) is 0 Å². The molecule has 3 aromatic carbocycles. The molecule has 4 rings (SSSR count). The Bertz CT molecular complexity index is 822. The van der Waals surface area contributed by atoms with Crippen LogP contribution in [0.1, 0.15) is 5.56 Å². The molecule has 24 heavy (non-hydrogen) atoms. The number of halogens is 1. The van der Waals surface area contributed by atoms with Crippen molar-refractivity contribution < 1.29 is 0 Å². The predicted octanol–water partition coefficient (Wildman–Crippen LogP) is 5.49. The van der Waals surface area contributed by atoms with Crippen LogP contribution in [0.2, 0.25) is 0 Å². The molecule has 0 amide bonds. The highest BCUT2D eigenvalue weighted by atomic mass is 35.5. The molecule has 0 fully saturated rings. The summed E-state index contributed by atoms with van der Waals surface area (Å²) in [6.07, 6.45) is 0. The van der Waals surface area contributed by atoms with Crippen LogP contribution >= 0.6 is 12.4 Å². The fourth-order valence-corrected chi connectivity index (χ4v) is 2.85. The van der Waals surface area contributed by atoms with Gasteiger partial charge in [0.15, 0.2) is 11.4 Å². The first-order chi connectivity index (χ1) is 11.4. The maximum Gasteiger partial charge on any atom is 0.294 e. The van der Waals surface area contributed by atoms with Gasteiger partial charge in [-0.25, -0.2) is 0 Å². The van der Waals surface area contributed by atoms with Crippen molar-refractivity contribution in [2.45, 2.75) is 0 Å². The van der Waals surface area contributed by atoms with E-state index in [0.29, 0.717) is 0 Å². The van der Waals surface area contributed by atoms with E-state index in [1.807, 2.05) is 66.7 Å². The zero-order valence-electron chi connectivity index (χ0n) is 12.9. The smallest absolute Gasteiger partial charge is 0.147 e. The highest BCUT2D eigenvalue weighted by Gasteiger charge is 2.45. The number of rotatable bonds is 3. The minimum absolute atomic E-state index is 0. The highest BCUT2D eigenvalue weighted by Crippen LogP contribution is 2.40. The van der Waals surface area contributed by atoms with E-state index in [1.54, 1.807) is 0 Å². The molecule has 0 atom stereocenters. The van der Waals surface area contributed by atoms with Gasteiger partial charge in [0.05, 0.1) is 10.8 Å². The second kappa shape index (κ2) is 6.74. The summed E-state index contributed by atoms with van der Waals surface area (Å²) in [4.78, 5) is 0. The topological polar surface area (TPSA) is 37.1 Å². The lowest BCUT2D eigenvalue weighted by atomic mass is 10.1. The molecule has 0 aromatic heterocycles. The molecule has 0 bridgehead atoms. The van der Waals surface area contributed by atoms with Crippen LogP contribution in [0.4, 0.5) is 11.4 Å². The number of quaternary nitrogens is 1. The van der Waals surface area contributed by atoms with E-state index < -0.39 is 0 Å². The van der Waals surface area contributed by atoms with Gasteiger partial charge in [-0.15, -0.1) is 12.4 Å². The Kier molecular flexibility index (Phi) is 4.51. The Morgan fingerprint density at radius 3 is 1.54 bits per heavy atom. The van der Waals surface area contributed by atoms with Gasteiger partial charge >= 0.3 is 0 Å². The lowest BCUT2D eigenvalue weighted by Crippen LogP contribution is -2.43. The van der Waals surface area contributed by atoms with Crippen LogP contribution in [0, 0.1) is 0 Å². The zero-order chi connectivity index (χ0) is 15.5. The summed E-state index contributed by atoms with van der Waals surface area (Å²) in [7, 11) is 0. The largest absolute Gasteiger partial charge is 0.294 e. The van der Waals surface area contributed by atoms with Gasteiger partial charge in [0, 0.05) is 29.5 Å². The summed E-state index contributed by atoms with van der Waals surface area (Å²) in [5.74, 6) is 0.794. The van der Waals surface area contributed by atoms with Gasteiger partial charge in [0.2, 0.25) is 0 Å². The van der Waals surface area contributed by atoms with Crippen LogP contribution in [0.3, 0.4) is 0 Å². The molecule has 3 aromatic rings. The van der Waals surface area contributed by atoms with Crippen LogP contribution in [0.25, 0.3) is 0 Å². The van der Waals surface area contributed by atoms with Gasteiger partial charge in [-0.1, -0.05) is 64.3 Å². The monoisotopic (exact) mass is 335 g/mol. The van der Waals surface area contributed by atoms with Gasteiger partial charge < -0.3 is 0 Å². The minimum Gasteiger partial charge on any atom is -0.147 e. The van der Waals surface area contributed by atoms with Gasteiger partial charge in [0.1, 0.15) is 0 Å². The number of amidine groups is 1. The van der Waals surface area contributed by atoms with E-state index in [0.717, 1.165) is 22.8 Å². The van der Waals surface area contributed by atoms with Crippen LogP contribution < -0.4 is 4.59 Å². The van der Waals surface area contributed by atoms with Gasteiger partial charge in [0.25, 0.3) is 5.84 Å². The quantitative estimate of drug-likeness (QED) is 0.567. The summed E-state index contributed by atoms with van der Waals surface area (Å²) in [6.45, 7) is 0. The summed E-state index contributed by atoms with van der Waals surface area (Å²) < 4.78 is 0.145. The van der Waals surface area contributed by atoms with E-state index in [4.69, 9.17) is 0 Å². The zero-order valence-corrected chi connectivity index (χ0v) is 13.7. The molecular weight excluding hydrogens is 320 g/mol. The Morgan fingerprint density at radius 1 is 0.583 bits per heavy atom. The van der Waals surface area contributed by atoms with E-state index in [1.165, 1.54) is 0 Å². The van der Waals surface area contributed by atoms with Gasteiger partial charge in [-0.2, -0.15) is 0 Å². The third-order valence-electron chi connectivity index (χ3n) is 3.91. The Hall–Kier alpha value is -2.82. The summed E-state index contributed by atoms with van der Waals surface area (Å²) in [6, 6.07) is 30.3. The van der Waals surface area contributed by atoms with E-state index >= 15 is 0 Å². The van der Waals surface area contributed by atoms with Crippen LogP contribution in [-0.4, -0.2) is 5.84 Å². The fraction of sp³-hybridized carbons (Fsp3) is 0. The van der Waals surface area contributed by atoms with E-state index in [2.05, 4.69) is 39.8 Å². The van der Waals surface area contributed by atoms with Crippen molar-refractivity contribution >= 4 is 29.6 Å². The first-order valence-corrected chi connectivity index (χ1v) is 7.48. The predicted molar refractivity (Wildman–Crippen MR) is 99.4 cm³/mol. The number of hydrogen-bond donors (Lipinski definition) is 0. The maximum absolute atomic E-state index is 4.52. The van der Waals surface area contributed by atoms with Crippen molar-refractivity contribution in [1.82, 2.24) is 4.59 Å². The maximum atomic E-state index is 4.52. The summed E-state index contributed by atoms with van der Waals surface area (Å²) in [5, 5.41) is 12.9. The van der Waals surface area contributed by atoms with Crippen molar-refractivity contribution in [3.8, 4) is 0 Å². The molecule has 118 valence electrons. The number of nitrogens with zero attached hydrogens (tertiary/aromatic N) is 4. The lowest BCUT2D eigenvalue weighted by molar-refractivity contribution is 0.575. The molecular formula is C19H16ClN4+. The van der Waals surface area contributed by atoms with Crippen molar-refractivity contribution in [2.75, 3.05) is 0 Å². The average molecular weight is 336 g/mol. The molecule has 5 heteroatoms. The lowest BCUT2D eigenvalue weighted by Gasteiger charge is -2.26. The van der Waals surface area contributed by atoms with Crippen molar-refractivity contribution in [1.29, 1.82) is 0 Å². The SMILES string of the molecule is Cl.c1ccc(C2=NN=N[N+]2(c2ccccc2)c2ccccc2)cc1. The normalized spacial score (nSPS) is 14.8. The molecule has 4 nitrogen and oxygen atoms in total. The molecule has 0 unspecified atom stereocenters. The van der Waals surface area contributed by atoms with Crippen molar-refractivity contribution in [3.05, 3.63) is 96.6 Å². The molecule has 1 heterocycles. The molecule has 0 spiro atoms. The Labute approximate surface area is 146 Å². The van der Waals surface area contributed by atoms with Gasteiger partial charge in [-0.05, 0) is 12.1 Å². The Balaban J connectivity index is 0.00000169. The number of benzene rings is 3. The number of para-hydroxylation sites is 2. The standard InChI is InChI=1S/C19H15N4.ClH/c1-4-10-16(11-5-1)19-20-21-22-23(19,17-12-6-2-7-13-17)18-14-8-3-9-15-18;/h1-15H;1H/q+1;. The molecule has 0 saturated carbocycles. The molecule has 1 aliphatic rings. The average Bonchev–Trinajstić information content (AvgIpc) is 3.10. The first kappa shape index (κ1) is 16.1. The van der Waals surface area contributed by atoms with E-state index in [9.17, 15) is 0 Å².